The van der Waals surface area contributed by atoms with E-state index < -0.39 is 0 Å². The molecule has 2 aliphatic rings. The van der Waals surface area contributed by atoms with E-state index in [4.69, 9.17) is 4.74 Å². The quantitative estimate of drug-likeness (QED) is 0.783. The zero-order valence-electron chi connectivity index (χ0n) is 13.1. The lowest BCUT2D eigenvalue weighted by molar-refractivity contribution is -0.150. The molecule has 3 nitrogen and oxygen atoms in total. The van der Waals surface area contributed by atoms with E-state index in [1.807, 2.05) is 18.2 Å². The van der Waals surface area contributed by atoms with Crippen LogP contribution in [0.2, 0.25) is 0 Å². The van der Waals surface area contributed by atoms with Crippen LogP contribution >= 0.6 is 0 Å². The lowest BCUT2D eigenvalue weighted by Crippen LogP contribution is -2.51. The molecule has 1 aromatic rings. The highest BCUT2D eigenvalue weighted by atomic mass is 19.1. The third kappa shape index (κ3) is 2.76. The molecule has 0 N–H and O–H groups in total. The van der Waals surface area contributed by atoms with Gasteiger partial charge in [-0.05, 0) is 31.2 Å². The second-order valence-electron chi connectivity index (χ2n) is 6.38. The molecule has 0 saturated carbocycles. The molecule has 120 valence electrons. The van der Waals surface area contributed by atoms with Crippen LogP contribution in [0.1, 0.15) is 37.2 Å². The maximum absolute atomic E-state index is 12.6. The predicted octanol–water partition coefficient (Wildman–Crippen LogP) is 3.16. The summed E-state index contributed by atoms with van der Waals surface area (Å²) < 4.78 is 17.7. The van der Waals surface area contributed by atoms with Crippen LogP contribution in [-0.2, 0) is 9.53 Å². The molecule has 0 aliphatic carbocycles. The highest BCUT2D eigenvalue weighted by Crippen LogP contribution is 2.47. The minimum absolute atomic E-state index is 0.121. The Labute approximate surface area is 131 Å². The number of esters is 1. The van der Waals surface area contributed by atoms with Gasteiger partial charge in [-0.25, -0.2) is 0 Å². The Morgan fingerprint density at radius 1 is 1.32 bits per heavy atom. The Kier molecular flexibility index (Phi) is 4.77. The molecule has 2 bridgehead atoms. The number of benzene rings is 1. The van der Waals surface area contributed by atoms with E-state index in [0.29, 0.717) is 12.5 Å². The fourth-order valence-corrected chi connectivity index (χ4v) is 4.40. The maximum Gasteiger partial charge on any atom is 0.310 e. The standard InChI is InChI=1S/C18H24FNO2/c1-22-18(21)17-15(13-6-3-2-4-7-13)12-14-8-9-16(17)20(14)11-5-10-19/h2-4,6-7,14-17H,5,8-12H2,1H3/t14?,15?,16?,17-/m0/s1. The zero-order valence-corrected chi connectivity index (χ0v) is 13.1. The minimum Gasteiger partial charge on any atom is -0.469 e. The number of fused-ring (bicyclic) bond motifs is 2. The Morgan fingerprint density at radius 2 is 2.09 bits per heavy atom. The number of nitrogens with zero attached hydrogens (tertiary/aromatic N) is 1. The molecule has 0 radical (unpaired) electrons. The number of hydrogen-bond acceptors (Lipinski definition) is 3. The molecule has 0 amide bonds. The number of carbonyl (C=O) groups excluding carboxylic acids is 1. The Balaban J connectivity index is 1.88. The van der Waals surface area contributed by atoms with Gasteiger partial charge in [0.1, 0.15) is 0 Å². The van der Waals surface area contributed by atoms with E-state index in [1.165, 1.54) is 12.7 Å². The second-order valence-corrected chi connectivity index (χ2v) is 6.38. The number of carbonyl (C=O) groups is 1. The smallest absolute Gasteiger partial charge is 0.310 e. The highest BCUT2D eigenvalue weighted by molar-refractivity contribution is 5.75. The largest absolute Gasteiger partial charge is 0.469 e. The van der Waals surface area contributed by atoms with Crippen molar-refractivity contribution < 1.29 is 13.9 Å². The van der Waals surface area contributed by atoms with Gasteiger partial charge in [-0.15, -0.1) is 0 Å². The number of hydrogen-bond donors (Lipinski definition) is 0. The van der Waals surface area contributed by atoms with Gasteiger partial charge >= 0.3 is 5.97 Å². The normalized spacial score (nSPS) is 31.2. The number of alkyl halides is 1. The first-order valence-corrected chi connectivity index (χ1v) is 8.20. The maximum atomic E-state index is 12.6. The van der Waals surface area contributed by atoms with Crippen molar-refractivity contribution in [1.29, 1.82) is 0 Å². The Morgan fingerprint density at radius 3 is 2.77 bits per heavy atom. The van der Waals surface area contributed by atoms with Crippen LogP contribution in [0.25, 0.3) is 0 Å². The number of methoxy groups -OCH3 is 1. The Bertz CT molecular complexity index is 507. The average molecular weight is 305 g/mol. The number of rotatable bonds is 5. The first-order valence-electron chi connectivity index (χ1n) is 8.20. The summed E-state index contributed by atoms with van der Waals surface area (Å²) in [6.07, 6.45) is 3.64. The van der Waals surface area contributed by atoms with Gasteiger partial charge in [0, 0.05) is 24.5 Å². The number of halogens is 1. The molecule has 3 rings (SSSR count). The van der Waals surface area contributed by atoms with Crippen molar-refractivity contribution in [2.75, 3.05) is 20.3 Å². The number of ether oxygens (including phenoxy) is 1. The summed E-state index contributed by atoms with van der Waals surface area (Å²) in [6.45, 7) is 0.460. The summed E-state index contributed by atoms with van der Waals surface area (Å²) in [5.74, 6) is -0.0389. The van der Waals surface area contributed by atoms with Gasteiger partial charge in [-0.1, -0.05) is 30.3 Å². The molecule has 0 aromatic heterocycles. The van der Waals surface area contributed by atoms with Crippen LogP contribution in [-0.4, -0.2) is 43.3 Å². The summed E-state index contributed by atoms with van der Waals surface area (Å²) in [5, 5.41) is 0. The molecule has 2 saturated heterocycles. The molecule has 3 unspecified atom stereocenters. The third-order valence-electron chi connectivity index (χ3n) is 5.32. The van der Waals surface area contributed by atoms with Crippen molar-refractivity contribution in [3.8, 4) is 0 Å². The number of piperidine rings is 1. The summed E-state index contributed by atoms with van der Waals surface area (Å²) in [6, 6.07) is 10.9. The first-order chi connectivity index (χ1) is 10.8. The van der Waals surface area contributed by atoms with E-state index >= 15 is 0 Å². The zero-order chi connectivity index (χ0) is 15.5. The van der Waals surface area contributed by atoms with E-state index in [9.17, 15) is 9.18 Å². The van der Waals surface area contributed by atoms with Gasteiger partial charge in [0.2, 0.25) is 0 Å². The van der Waals surface area contributed by atoms with Crippen molar-refractivity contribution in [3.63, 3.8) is 0 Å². The van der Waals surface area contributed by atoms with E-state index in [2.05, 4.69) is 17.0 Å². The van der Waals surface area contributed by atoms with Gasteiger partial charge < -0.3 is 4.74 Å². The topological polar surface area (TPSA) is 29.5 Å². The third-order valence-corrected chi connectivity index (χ3v) is 5.32. The monoisotopic (exact) mass is 305 g/mol. The SMILES string of the molecule is COC(=O)[C@H]1C(c2ccccc2)CC2CCC1N2CCCF. The fraction of sp³-hybridized carbons (Fsp3) is 0.611. The van der Waals surface area contributed by atoms with Crippen LogP contribution in [0.5, 0.6) is 0 Å². The van der Waals surface area contributed by atoms with Crippen molar-refractivity contribution in [2.45, 2.75) is 43.7 Å². The minimum atomic E-state index is -0.291. The highest BCUT2D eigenvalue weighted by Gasteiger charge is 2.50. The van der Waals surface area contributed by atoms with Crippen LogP contribution in [0.3, 0.4) is 0 Å². The molecular weight excluding hydrogens is 281 g/mol. The fourth-order valence-electron chi connectivity index (χ4n) is 4.40. The van der Waals surface area contributed by atoms with Crippen molar-refractivity contribution in [3.05, 3.63) is 35.9 Å². The summed E-state index contributed by atoms with van der Waals surface area (Å²) in [5.41, 5.74) is 1.22. The van der Waals surface area contributed by atoms with Gasteiger partial charge in [-0.2, -0.15) is 0 Å². The molecule has 1 aromatic carbocycles. The average Bonchev–Trinajstić information content (AvgIpc) is 2.84. The molecule has 22 heavy (non-hydrogen) atoms. The lowest BCUT2D eigenvalue weighted by atomic mass is 9.76. The van der Waals surface area contributed by atoms with E-state index in [1.54, 1.807) is 0 Å². The summed E-state index contributed by atoms with van der Waals surface area (Å²) >= 11 is 0. The van der Waals surface area contributed by atoms with Crippen LogP contribution < -0.4 is 0 Å². The van der Waals surface area contributed by atoms with Crippen molar-refractivity contribution >= 4 is 5.97 Å². The van der Waals surface area contributed by atoms with Crippen molar-refractivity contribution in [2.24, 2.45) is 5.92 Å². The molecule has 2 heterocycles. The van der Waals surface area contributed by atoms with E-state index in [0.717, 1.165) is 25.8 Å². The first kappa shape index (κ1) is 15.5. The molecular formula is C18H24FNO2. The van der Waals surface area contributed by atoms with Gasteiger partial charge in [0.05, 0.1) is 19.7 Å². The van der Waals surface area contributed by atoms with Crippen LogP contribution in [0.15, 0.2) is 30.3 Å². The van der Waals surface area contributed by atoms with Gasteiger partial charge in [0.25, 0.3) is 0 Å². The second kappa shape index (κ2) is 6.78. The van der Waals surface area contributed by atoms with Crippen LogP contribution in [0, 0.1) is 5.92 Å². The van der Waals surface area contributed by atoms with Crippen molar-refractivity contribution in [1.82, 2.24) is 4.90 Å². The van der Waals surface area contributed by atoms with Gasteiger partial charge in [0.15, 0.2) is 0 Å². The molecule has 4 atom stereocenters. The Hall–Kier alpha value is -1.42. The molecule has 4 heteroatoms. The van der Waals surface area contributed by atoms with E-state index in [-0.39, 0.29) is 30.5 Å². The predicted molar refractivity (Wildman–Crippen MR) is 83.4 cm³/mol. The molecule has 2 aliphatic heterocycles. The van der Waals surface area contributed by atoms with Crippen LogP contribution in [0.4, 0.5) is 4.39 Å². The lowest BCUT2D eigenvalue weighted by Gasteiger charge is -2.43. The summed E-state index contributed by atoms with van der Waals surface area (Å²) in [4.78, 5) is 14.8. The molecule has 2 fully saturated rings. The summed E-state index contributed by atoms with van der Waals surface area (Å²) in [7, 11) is 1.47. The van der Waals surface area contributed by atoms with Gasteiger partial charge in [-0.3, -0.25) is 14.1 Å². The molecule has 0 spiro atoms.